The average molecular weight is 612 g/mol. The highest BCUT2D eigenvalue weighted by Gasteiger charge is 2.22. The predicted molar refractivity (Wildman–Crippen MR) is 180 cm³/mol. The van der Waals surface area contributed by atoms with Crippen LogP contribution in [0.5, 0.6) is 0 Å². The Morgan fingerprint density at radius 3 is 2.05 bits per heavy atom. The van der Waals surface area contributed by atoms with Gasteiger partial charge in [-0.3, -0.25) is 0 Å². The zero-order valence-corrected chi connectivity index (χ0v) is 26.6. The lowest BCUT2D eigenvalue weighted by Crippen LogP contribution is -2.12. The number of hydrogen-bond donors (Lipinski definition) is 2. The number of nitrogens with one attached hydrogen (secondary N) is 2. The lowest BCUT2D eigenvalue weighted by atomic mass is 9.83. The third-order valence-corrected chi connectivity index (χ3v) is 9.30. The van der Waals surface area contributed by atoms with E-state index in [4.69, 9.17) is 0 Å². The van der Waals surface area contributed by atoms with Crippen LogP contribution in [0.4, 0.5) is 0 Å². The molecule has 4 aromatic carbocycles. The maximum Gasteiger partial charge on any atom is 0.0547 e. The van der Waals surface area contributed by atoms with Gasteiger partial charge in [-0.05, 0) is 83.0 Å². The topological polar surface area (TPSA) is 31.6 Å². The molecule has 3 heteroatoms. The fourth-order valence-corrected chi connectivity index (χ4v) is 7.07. The van der Waals surface area contributed by atoms with E-state index in [0.717, 1.165) is 15.5 Å². The van der Waals surface area contributed by atoms with Gasteiger partial charge in [-0.1, -0.05) is 109 Å². The number of rotatable bonds is 3. The van der Waals surface area contributed by atoms with Crippen molar-refractivity contribution in [3.63, 3.8) is 0 Å². The summed E-state index contributed by atoms with van der Waals surface area (Å²) in [7, 11) is 0. The third-order valence-electron chi connectivity index (χ3n) is 8.81. The van der Waals surface area contributed by atoms with Crippen molar-refractivity contribution in [1.82, 2.24) is 9.97 Å². The minimum atomic E-state index is 0.105. The molecule has 42 heavy (non-hydrogen) atoms. The van der Waals surface area contributed by atoms with Crippen molar-refractivity contribution in [3.05, 3.63) is 150 Å². The number of benzene rings is 4. The molecule has 0 amide bonds. The molecular formula is C39H35BrN2. The van der Waals surface area contributed by atoms with Crippen LogP contribution in [-0.4, -0.2) is 9.97 Å². The van der Waals surface area contributed by atoms with E-state index in [1.165, 1.54) is 76.8 Å². The third kappa shape index (κ3) is 4.22. The number of aryl methyl sites for hydroxylation is 2. The smallest absolute Gasteiger partial charge is 0.0547 e. The summed E-state index contributed by atoms with van der Waals surface area (Å²) in [6.45, 7) is 13.6. The lowest BCUT2D eigenvalue weighted by molar-refractivity contribution is 0.589. The van der Waals surface area contributed by atoms with Gasteiger partial charge in [0.05, 0.1) is 11.0 Å². The fraction of sp³-hybridized carbons (Fsp3) is 0.179. The Morgan fingerprint density at radius 2 is 1.36 bits per heavy atom. The van der Waals surface area contributed by atoms with E-state index in [-0.39, 0.29) is 5.41 Å². The summed E-state index contributed by atoms with van der Waals surface area (Å²) in [6, 6.07) is 30.8. The first-order chi connectivity index (χ1) is 20.1. The standard InChI is InChI=1S/C39H35BrN2/c1-22-18-26(39(4,5)6)19-23(2)34(22)38-31-20-27(40)16-17-28(31)33(42-38)21-32-24(3)35-36(25-12-8-7-9-13-25)29-14-10-11-15-30(29)37(35)41-32/h7-21,41-42H,1-6H3. The Balaban J connectivity index is 1.48. The summed E-state index contributed by atoms with van der Waals surface area (Å²) in [5, 5.41) is 7.34. The second kappa shape index (κ2) is 9.74. The molecule has 0 radical (unpaired) electrons. The van der Waals surface area contributed by atoms with Gasteiger partial charge in [-0.2, -0.15) is 0 Å². The van der Waals surface area contributed by atoms with Crippen LogP contribution in [0, 0.1) is 31.3 Å². The van der Waals surface area contributed by atoms with E-state index in [2.05, 4.69) is 158 Å². The molecule has 1 aliphatic rings. The molecule has 0 unspecified atom stereocenters. The van der Waals surface area contributed by atoms with Crippen molar-refractivity contribution in [2.45, 2.75) is 47.0 Å². The van der Waals surface area contributed by atoms with Gasteiger partial charge in [0.15, 0.2) is 0 Å². The normalized spacial score (nSPS) is 13.2. The summed E-state index contributed by atoms with van der Waals surface area (Å²) < 4.78 is 1.08. The zero-order valence-electron chi connectivity index (χ0n) is 25.0. The van der Waals surface area contributed by atoms with Gasteiger partial charge in [-0.25, -0.2) is 0 Å². The molecule has 2 aromatic heterocycles. The summed E-state index contributed by atoms with van der Waals surface area (Å²) in [6.07, 6.45) is 2.30. The quantitative estimate of drug-likeness (QED) is 0.200. The molecular weight excluding hydrogens is 576 g/mol. The minimum Gasteiger partial charge on any atom is -0.354 e. The van der Waals surface area contributed by atoms with E-state index in [9.17, 15) is 0 Å². The molecule has 0 aliphatic heterocycles. The van der Waals surface area contributed by atoms with E-state index in [1.54, 1.807) is 0 Å². The van der Waals surface area contributed by atoms with Crippen LogP contribution in [0.3, 0.4) is 0 Å². The largest absolute Gasteiger partial charge is 0.354 e. The molecule has 6 aromatic rings. The maximum absolute atomic E-state index is 3.87. The summed E-state index contributed by atoms with van der Waals surface area (Å²) in [5.74, 6) is 0. The van der Waals surface area contributed by atoms with E-state index >= 15 is 0 Å². The van der Waals surface area contributed by atoms with E-state index in [0.29, 0.717) is 0 Å². The van der Waals surface area contributed by atoms with Gasteiger partial charge in [0, 0.05) is 42.6 Å². The fourth-order valence-electron chi connectivity index (χ4n) is 6.70. The Labute approximate surface area is 255 Å². The highest BCUT2D eigenvalue weighted by molar-refractivity contribution is 9.10. The SMILES string of the molecule is Cc1cc(C(C)(C)C)cc(C)c1-c1[nH]c(C=c2[nH]c3c(c2C)C(c2ccccc2)=c2ccccc2=3)c2ccc(Br)cc12. The number of H-pyrrole nitrogens is 2. The zero-order chi connectivity index (χ0) is 29.3. The van der Waals surface area contributed by atoms with Crippen molar-refractivity contribution in [2.24, 2.45) is 0 Å². The van der Waals surface area contributed by atoms with Gasteiger partial charge in [0.2, 0.25) is 0 Å². The first kappa shape index (κ1) is 26.8. The Morgan fingerprint density at radius 1 is 0.690 bits per heavy atom. The molecule has 7 rings (SSSR count). The summed E-state index contributed by atoms with van der Waals surface area (Å²) >= 11 is 3.74. The van der Waals surface area contributed by atoms with Crippen LogP contribution in [0.2, 0.25) is 0 Å². The number of hydrogen-bond acceptors (Lipinski definition) is 0. The van der Waals surface area contributed by atoms with Gasteiger partial charge < -0.3 is 9.97 Å². The van der Waals surface area contributed by atoms with Gasteiger partial charge in [-0.15, -0.1) is 0 Å². The molecule has 0 fully saturated rings. The van der Waals surface area contributed by atoms with Crippen molar-refractivity contribution >= 4 is 38.4 Å². The first-order valence-electron chi connectivity index (χ1n) is 14.6. The minimum absolute atomic E-state index is 0.105. The lowest BCUT2D eigenvalue weighted by Gasteiger charge is -2.22. The van der Waals surface area contributed by atoms with Crippen molar-refractivity contribution in [3.8, 4) is 11.3 Å². The molecule has 2 N–H and O–H groups in total. The second-order valence-electron chi connectivity index (χ2n) is 12.7. The maximum atomic E-state index is 3.87. The Bertz CT molecular complexity index is 2230. The van der Waals surface area contributed by atoms with Crippen LogP contribution < -0.4 is 10.6 Å². The van der Waals surface area contributed by atoms with E-state index < -0.39 is 0 Å². The highest BCUT2D eigenvalue weighted by Crippen LogP contribution is 2.38. The molecule has 0 bridgehead atoms. The number of fused-ring (bicyclic) bond motifs is 3. The summed E-state index contributed by atoms with van der Waals surface area (Å²) in [5.41, 5.74) is 12.8. The molecule has 0 spiro atoms. The Hall–Kier alpha value is -4.08. The Kier molecular flexibility index (Phi) is 6.22. The monoisotopic (exact) mass is 610 g/mol. The molecule has 2 nitrogen and oxygen atoms in total. The average Bonchev–Trinajstić information content (AvgIpc) is 3.58. The molecule has 0 saturated carbocycles. The van der Waals surface area contributed by atoms with Crippen LogP contribution in [0.15, 0.2) is 89.4 Å². The van der Waals surface area contributed by atoms with Crippen molar-refractivity contribution in [2.75, 3.05) is 0 Å². The van der Waals surface area contributed by atoms with Crippen LogP contribution >= 0.6 is 15.9 Å². The highest BCUT2D eigenvalue weighted by atomic mass is 79.9. The molecule has 0 saturated heterocycles. The second-order valence-corrected chi connectivity index (χ2v) is 13.6. The van der Waals surface area contributed by atoms with Crippen LogP contribution in [0.1, 0.15) is 59.8 Å². The number of aromatic amines is 2. The van der Waals surface area contributed by atoms with Crippen LogP contribution in [0.25, 0.3) is 33.7 Å². The number of halogens is 1. The van der Waals surface area contributed by atoms with Crippen molar-refractivity contribution < 1.29 is 0 Å². The molecule has 2 heterocycles. The molecule has 0 atom stereocenters. The van der Waals surface area contributed by atoms with Gasteiger partial charge >= 0.3 is 0 Å². The molecule has 1 aliphatic carbocycles. The first-order valence-corrected chi connectivity index (χ1v) is 15.4. The van der Waals surface area contributed by atoms with E-state index in [1.807, 2.05) is 0 Å². The molecule has 208 valence electrons. The van der Waals surface area contributed by atoms with Gasteiger partial charge in [0.25, 0.3) is 0 Å². The predicted octanol–water partition coefficient (Wildman–Crippen LogP) is 8.82. The van der Waals surface area contributed by atoms with Crippen LogP contribution in [-0.2, 0) is 5.41 Å². The van der Waals surface area contributed by atoms with Crippen molar-refractivity contribution in [1.29, 1.82) is 0 Å². The number of aromatic nitrogens is 2. The van der Waals surface area contributed by atoms with Gasteiger partial charge in [0.1, 0.15) is 0 Å². The summed E-state index contributed by atoms with van der Waals surface area (Å²) in [4.78, 5) is 7.71.